The second-order valence-corrected chi connectivity index (χ2v) is 10.6. The molecule has 2 unspecified atom stereocenters. The summed E-state index contributed by atoms with van der Waals surface area (Å²) >= 11 is 0. The molecule has 0 rings (SSSR count). The molecule has 0 spiro atoms. The Morgan fingerprint density at radius 3 is 1.34 bits per heavy atom. The first kappa shape index (κ1) is 28.9. The number of rotatable bonds is 22. The van der Waals surface area contributed by atoms with E-state index in [1.165, 1.54) is 70.6 Å². The second-order valence-electron chi connectivity index (χ2n) is 8.90. The lowest BCUT2D eigenvalue weighted by molar-refractivity contribution is 0.147. The minimum Gasteiger partial charge on any atom is -0.393 e. The van der Waals surface area contributed by atoms with Gasteiger partial charge in [-0.2, -0.15) is 8.42 Å². The van der Waals surface area contributed by atoms with Crippen LogP contribution in [-0.2, 0) is 10.1 Å². The van der Waals surface area contributed by atoms with Gasteiger partial charge in [0.25, 0.3) is 10.1 Å². The Morgan fingerprint density at radius 1 is 0.552 bits per heavy atom. The average molecular weight is 435 g/mol. The summed E-state index contributed by atoms with van der Waals surface area (Å²) in [5.41, 5.74) is 0. The summed E-state index contributed by atoms with van der Waals surface area (Å²) in [5.74, 6) is 0. The van der Waals surface area contributed by atoms with Crippen LogP contribution in [-0.4, -0.2) is 29.4 Å². The third-order valence-corrected chi connectivity index (χ3v) is 7.33. The van der Waals surface area contributed by atoms with Crippen LogP contribution in [0.1, 0.15) is 142 Å². The maximum Gasteiger partial charge on any atom is 0.267 e. The fourth-order valence-electron chi connectivity index (χ4n) is 3.98. The molecular formula is C24H50O4S. The highest BCUT2D eigenvalue weighted by Crippen LogP contribution is 2.20. The van der Waals surface area contributed by atoms with E-state index in [0.29, 0.717) is 19.3 Å². The van der Waals surface area contributed by atoms with Crippen molar-refractivity contribution in [1.82, 2.24) is 0 Å². The van der Waals surface area contributed by atoms with Crippen molar-refractivity contribution in [3.8, 4) is 0 Å². The Bertz CT molecular complexity index is 436. The van der Waals surface area contributed by atoms with Crippen LogP contribution in [0.15, 0.2) is 0 Å². The van der Waals surface area contributed by atoms with Gasteiger partial charge >= 0.3 is 0 Å². The quantitative estimate of drug-likeness (QED) is 0.137. The van der Waals surface area contributed by atoms with Gasteiger partial charge in [-0.1, -0.05) is 117 Å². The molecule has 0 bridgehead atoms. The van der Waals surface area contributed by atoms with Crippen LogP contribution in [0.4, 0.5) is 0 Å². The smallest absolute Gasteiger partial charge is 0.267 e. The minimum atomic E-state index is -4.02. The summed E-state index contributed by atoms with van der Waals surface area (Å²) in [6, 6.07) is 0. The minimum absolute atomic E-state index is 0.368. The Hall–Kier alpha value is -0.130. The van der Waals surface area contributed by atoms with E-state index in [4.69, 9.17) is 0 Å². The van der Waals surface area contributed by atoms with Crippen molar-refractivity contribution in [2.75, 3.05) is 0 Å². The first-order valence-electron chi connectivity index (χ1n) is 12.6. The van der Waals surface area contributed by atoms with E-state index in [1.54, 1.807) is 0 Å². The summed E-state index contributed by atoms with van der Waals surface area (Å²) in [7, 11) is -4.02. The van der Waals surface area contributed by atoms with Crippen LogP contribution < -0.4 is 0 Å². The van der Waals surface area contributed by atoms with Gasteiger partial charge in [-0.15, -0.1) is 0 Å². The molecule has 0 saturated carbocycles. The highest BCUT2D eigenvalue weighted by atomic mass is 32.2. The van der Waals surface area contributed by atoms with Gasteiger partial charge in [0.15, 0.2) is 0 Å². The zero-order valence-corrected chi connectivity index (χ0v) is 20.2. The SMILES string of the molecule is CCCCCCCCCCCCCC(CCC(O)CCCCCCC)S(=O)(=O)O. The van der Waals surface area contributed by atoms with Crippen molar-refractivity contribution in [2.45, 2.75) is 154 Å². The summed E-state index contributed by atoms with van der Waals surface area (Å²) in [6.45, 7) is 4.42. The topological polar surface area (TPSA) is 74.6 Å². The Balaban J connectivity index is 3.79. The molecule has 0 radical (unpaired) electrons. The molecule has 0 aromatic rings. The van der Waals surface area contributed by atoms with Gasteiger partial charge in [-0.25, -0.2) is 0 Å². The van der Waals surface area contributed by atoms with E-state index < -0.39 is 21.5 Å². The van der Waals surface area contributed by atoms with Crippen LogP contribution in [0.3, 0.4) is 0 Å². The summed E-state index contributed by atoms with van der Waals surface area (Å²) in [4.78, 5) is 0. The van der Waals surface area contributed by atoms with Crippen molar-refractivity contribution in [3.63, 3.8) is 0 Å². The summed E-state index contributed by atoms with van der Waals surface area (Å²) in [5, 5.41) is 9.39. The molecule has 0 aromatic carbocycles. The maximum atomic E-state index is 11.7. The first-order chi connectivity index (χ1) is 13.9. The lowest BCUT2D eigenvalue weighted by atomic mass is 10.0. The average Bonchev–Trinajstić information content (AvgIpc) is 2.67. The van der Waals surface area contributed by atoms with Gasteiger partial charge in [-0.3, -0.25) is 4.55 Å². The van der Waals surface area contributed by atoms with E-state index in [2.05, 4.69) is 13.8 Å². The number of hydrogen-bond acceptors (Lipinski definition) is 3. The van der Waals surface area contributed by atoms with Crippen molar-refractivity contribution >= 4 is 10.1 Å². The zero-order chi connectivity index (χ0) is 21.8. The predicted molar refractivity (Wildman–Crippen MR) is 125 cm³/mol. The monoisotopic (exact) mass is 434 g/mol. The van der Waals surface area contributed by atoms with Gasteiger partial charge < -0.3 is 5.11 Å². The molecular weight excluding hydrogens is 384 g/mol. The van der Waals surface area contributed by atoms with E-state index in [0.717, 1.165) is 38.5 Å². The van der Waals surface area contributed by atoms with Crippen molar-refractivity contribution in [2.24, 2.45) is 0 Å². The standard InChI is InChI=1S/C24H50O4S/c1-3-5-7-9-10-11-12-13-14-16-18-20-24(29(26,27)28)22-21-23(25)19-17-15-8-6-4-2/h23-25H,3-22H2,1-2H3,(H,26,27,28). The summed E-state index contributed by atoms with van der Waals surface area (Å²) in [6.07, 6.45) is 20.9. The number of aliphatic hydroxyl groups is 1. The fourth-order valence-corrected chi connectivity index (χ4v) is 4.88. The van der Waals surface area contributed by atoms with E-state index in [9.17, 15) is 18.1 Å². The molecule has 2 N–H and O–H groups in total. The predicted octanol–water partition coefficient (Wildman–Crippen LogP) is 7.45. The zero-order valence-electron chi connectivity index (χ0n) is 19.4. The van der Waals surface area contributed by atoms with Crippen LogP contribution in [0.25, 0.3) is 0 Å². The van der Waals surface area contributed by atoms with Gasteiger partial charge in [0, 0.05) is 0 Å². The number of unbranched alkanes of at least 4 members (excludes halogenated alkanes) is 14. The number of aliphatic hydroxyl groups excluding tert-OH is 1. The highest BCUT2D eigenvalue weighted by Gasteiger charge is 2.23. The third kappa shape index (κ3) is 19.6. The fraction of sp³-hybridized carbons (Fsp3) is 1.00. The van der Waals surface area contributed by atoms with Gasteiger partial charge in [-0.05, 0) is 25.7 Å². The van der Waals surface area contributed by atoms with Crippen molar-refractivity contribution < 1.29 is 18.1 Å². The first-order valence-corrected chi connectivity index (χ1v) is 14.1. The molecule has 0 fully saturated rings. The van der Waals surface area contributed by atoms with Crippen LogP contribution in [0.2, 0.25) is 0 Å². The second kappa shape index (κ2) is 19.8. The molecule has 0 saturated heterocycles. The lowest BCUT2D eigenvalue weighted by Gasteiger charge is -2.16. The molecule has 2 atom stereocenters. The van der Waals surface area contributed by atoms with E-state index >= 15 is 0 Å². The Morgan fingerprint density at radius 2 is 0.931 bits per heavy atom. The molecule has 4 nitrogen and oxygen atoms in total. The van der Waals surface area contributed by atoms with Gasteiger partial charge in [0.05, 0.1) is 11.4 Å². The van der Waals surface area contributed by atoms with Crippen LogP contribution in [0.5, 0.6) is 0 Å². The molecule has 0 aliphatic heterocycles. The highest BCUT2D eigenvalue weighted by molar-refractivity contribution is 7.86. The van der Waals surface area contributed by atoms with Crippen LogP contribution in [0, 0.1) is 0 Å². The molecule has 0 heterocycles. The molecule has 29 heavy (non-hydrogen) atoms. The Labute approximate surface area is 182 Å². The van der Waals surface area contributed by atoms with Gasteiger partial charge in [0.1, 0.15) is 0 Å². The van der Waals surface area contributed by atoms with Gasteiger partial charge in [0.2, 0.25) is 0 Å². The third-order valence-electron chi connectivity index (χ3n) is 6.01. The lowest BCUT2D eigenvalue weighted by Crippen LogP contribution is -2.22. The Kier molecular flexibility index (Phi) is 19.7. The summed E-state index contributed by atoms with van der Waals surface area (Å²) < 4.78 is 32.8. The van der Waals surface area contributed by atoms with Crippen molar-refractivity contribution in [1.29, 1.82) is 0 Å². The normalized spacial score (nSPS) is 14.2. The van der Waals surface area contributed by atoms with E-state index in [-0.39, 0.29) is 0 Å². The molecule has 0 aliphatic rings. The molecule has 0 aromatic heterocycles. The van der Waals surface area contributed by atoms with E-state index in [1.807, 2.05) is 0 Å². The molecule has 0 amide bonds. The molecule has 176 valence electrons. The number of hydrogen-bond donors (Lipinski definition) is 2. The largest absolute Gasteiger partial charge is 0.393 e. The maximum absolute atomic E-state index is 11.7. The van der Waals surface area contributed by atoms with Crippen LogP contribution >= 0.6 is 0 Å². The molecule has 0 aliphatic carbocycles. The van der Waals surface area contributed by atoms with Crippen molar-refractivity contribution in [3.05, 3.63) is 0 Å². The molecule has 5 heteroatoms.